The number of hydrogen-bond donors (Lipinski definition) is 1. The molecular formula is C31H31F3N2O3. The summed E-state index contributed by atoms with van der Waals surface area (Å²) in [7, 11) is 1.33. The second-order valence-electron chi connectivity index (χ2n) is 10.3. The van der Waals surface area contributed by atoms with Crippen LogP contribution in [0.15, 0.2) is 66.7 Å². The van der Waals surface area contributed by atoms with E-state index in [9.17, 15) is 22.8 Å². The van der Waals surface area contributed by atoms with Crippen LogP contribution in [0, 0.1) is 5.92 Å². The summed E-state index contributed by atoms with van der Waals surface area (Å²) in [5.74, 6) is -0.274. The van der Waals surface area contributed by atoms with Crippen molar-refractivity contribution in [1.82, 2.24) is 10.2 Å². The SMILES string of the molecule is COC(=O)c1cccc(-c2ccc(CNC(=O)[C@H]3C[C@H]3c3ccccc3)c3c2CCN(CCC(F)(F)F)C3)c1. The van der Waals surface area contributed by atoms with Crippen molar-refractivity contribution in [3.63, 3.8) is 0 Å². The minimum atomic E-state index is -4.22. The molecule has 1 saturated carbocycles. The molecule has 204 valence electrons. The highest BCUT2D eigenvalue weighted by atomic mass is 19.4. The predicted molar refractivity (Wildman–Crippen MR) is 142 cm³/mol. The number of methoxy groups -OCH3 is 1. The lowest BCUT2D eigenvalue weighted by molar-refractivity contribution is -0.138. The molecule has 8 heteroatoms. The zero-order valence-corrected chi connectivity index (χ0v) is 21.8. The number of alkyl halides is 3. The molecule has 0 saturated heterocycles. The van der Waals surface area contributed by atoms with Crippen LogP contribution in [0.25, 0.3) is 11.1 Å². The number of ether oxygens (including phenoxy) is 1. The average Bonchev–Trinajstić information content (AvgIpc) is 3.75. The highest BCUT2D eigenvalue weighted by molar-refractivity contribution is 5.91. The third-order valence-electron chi connectivity index (χ3n) is 7.70. The predicted octanol–water partition coefficient (Wildman–Crippen LogP) is 5.87. The minimum absolute atomic E-state index is 0.00260. The second-order valence-corrected chi connectivity index (χ2v) is 10.3. The molecule has 2 aliphatic rings. The number of nitrogens with zero attached hydrogens (tertiary/aromatic N) is 1. The summed E-state index contributed by atoms with van der Waals surface area (Å²) in [5.41, 5.74) is 6.26. The molecule has 1 fully saturated rings. The molecule has 0 aromatic heterocycles. The van der Waals surface area contributed by atoms with E-state index in [0.717, 1.165) is 39.8 Å². The molecule has 0 unspecified atom stereocenters. The van der Waals surface area contributed by atoms with E-state index in [4.69, 9.17) is 4.74 Å². The molecule has 0 radical (unpaired) electrons. The van der Waals surface area contributed by atoms with Crippen LogP contribution in [0.1, 0.15) is 51.4 Å². The average molecular weight is 537 g/mol. The van der Waals surface area contributed by atoms with Gasteiger partial charge < -0.3 is 10.1 Å². The Bertz CT molecular complexity index is 1360. The van der Waals surface area contributed by atoms with Crippen molar-refractivity contribution in [3.8, 4) is 11.1 Å². The van der Waals surface area contributed by atoms with Gasteiger partial charge in [0.05, 0.1) is 19.1 Å². The molecule has 3 aromatic rings. The molecule has 1 amide bonds. The van der Waals surface area contributed by atoms with E-state index in [0.29, 0.717) is 31.6 Å². The molecule has 2 atom stereocenters. The van der Waals surface area contributed by atoms with Gasteiger partial charge in [-0.2, -0.15) is 13.2 Å². The number of carbonyl (C=O) groups is 2. The van der Waals surface area contributed by atoms with Crippen molar-refractivity contribution in [3.05, 3.63) is 94.5 Å². The first-order valence-corrected chi connectivity index (χ1v) is 13.2. The maximum atomic E-state index is 12.9. The van der Waals surface area contributed by atoms with E-state index in [1.54, 1.807) is 18.2 Å². The van der Waals surface area contributed by atoms with E-state index in [-0.39, 0.29) is 24.3 Å². The number of esters is 1. The van der Waals surface area contributed by atoms with Crippen molar-refractivity contribution in [1.29, 1.82) is 0 Å². The Morgan fingerprint density at radius 3 is 2.56 bits per heavy atom. The molecule has 1 N–H and O–H groups in total. The third kappa shape index (κ3) is 6.33. The van der Waals surface area contributed by atoms with Gasteiger partial charge in [-0.15, -0.1) is 0 Å². The van der Waals surface area contributed by atoms with E-state index in [1.807, 2.05) is 53.4 Å². The standard InChI is InChI=1S/C31H31F3N2O3/c1-39-30(38)22-9-5-8-21(16-22)24-11-10-23(28-19-36(14-12-25(24)28)15-13-31(32,33)34)18-35-29(37)27-17-26(27)20-6-3-2-4-7-20/h2-11,16,26-27H,12-15,17-19H2,1H3,(H,35,37)/t26-,27-/m0/s1. The van der Waals surface area contributed by atoms with Crippen molar-refractivity contribution >= 4 is 11.9 Å². The summed E-state index contributed by atoms with van der Waals surface area (Å²) >= 11 is 0. The molecule has 5 rings (SSSR count). The van der Waals surface area contributed by atoms with Crippen molar-refractivity contribution in [2.75, 3.05) is 20.2 Å². The number of amides is 1. The Morgan fingerprint density at radius 1 is 1.03 bits per heavy atom. The molecule has 5 nitrogen and oxygen atoms in total. The zero-order valence-electron chi connectivity index (χ0n) is 21.8. The van der Waals surface area contributed by atoms with Crippen LogP contribution >= 0.6 is 0 Å². The number of halogens is 3. The number of hydrogen-bond acceptors (Lipinski definition) is 4. The number of carbonyl (C=O) groups excluding carboxylic acids is 2. The highest BCUT2D eigenvalue weighted by Gasteiger charge is 2.43. The van der Waals surface area contributed by atoms with E-state index >= 15 is 0 Å². The van der Waals surface area contributed by atoms with Crippen LogP contribution in [-0.2, 0) is 29.0 Å². The van der Waals surface area contributed by atoms with Crippen molar-refractivity contribution in [2.24, 2.45) is 5.92 Å². The number of benzene rings is 3. The van der Waals surface area contributed by atoms with Crippen LogP contribution < -0.4 is 5.32 Å². The molecule has 0 spiro atoms. The fraction of sp³-hybridized carbons (Fsp3) is 0.355. The van der Waals surface area contributed by atoms with Gasteiger partial charge in [-0.25, -0.2) is 4.79 Å². The Kier molecular flexibility index (Phi) is 7.75. The smallest absolute Gasteiger partial charge is 0.390 e. The Balaban J connectivity index is 1.38. The third-order valence-corrected chi connectivity index (χ3v) is 7.70. The van der Waals surface area contributed by atoms with E-state index < -0.39 is 18.6 Å². The van der Waals surface area contributed by atoms with Crippen LogP contribution in [0.5, 0.6) is 0 Å². The van der Waals surface area contributed by atoms with Crippen LogP contribution in [-0.4, -0.2) is 43.2 Å². The Hall–Kier alpha value is -3.65. The molecule has 39 heavy (non-hydrogen) atoms. The van der Waals surface area contributed by atoms with Gasteiger partial charge in [0, 0.05) is 32.1 Å². The summed E-state index contributed by atoms with van der Waals surface area (Å²) in [4.78, 5) is 26.9. The van der Waals surface area contributed by atoms with Crippen LogP contribution in [0.2, 0.25) is 0 Å². The zero-order chi connectivity index (χ0) is 27.6. The summed E-state index contributed by atoms with van der Waals surface area (Å²) in [6, 6.07) is 21.1. The summed E-state index contributed by atoms with van der Waals surface area (Å²) in [5, 5.41) is 3.07. The van der Waals surface area contributed by atoms with Gasteiger partial charge >= 0.3 is 12.1 Å². The maximum absolute atomic E-state index is 12.9. The van der Waals surface area contributed by atoms with E-state index in [1.165, 1.54) is 7.11 Å². The van der Waals surface area contributed by atoms with Gasteiger partial charge in [-0.05, 0) is 64.3 Å². The lowest BCUT2D eigenvalue weighted by atomic mass is 9.87. The van der Waals surface area contributed by atoms with Crippen molar-refractivity contribution in [2.45, 2.75) is 44.4 Å². The van der Waals surface area contributed by atoms with Gasteiger partial charge in [-0.3, -0.25) is 9.69 Å². The largest absolute Gasteiger partial charge is 0.465 e. The topological polar surface area (TPSA) is 58.6 Å². The van der Waals surface area contributed by atoms with Crippen LogP contribution in [0.3, 0.4) is 0 Å². The summed E-state index contributed by atoms with van der Waals surface area (Å²) in [6.07, 6.45) is -3.69. The summed E-state index contributed by atoms with van der Waals surface area (Å²) < 4.78 is 43.7. The number of nitrogens with one attached hydrogen (secondary N) is 1. The highest BCUT2D eigenvalue weighted by Crippen LogP contribution is 2.47. The normalized spacial score (nSPS) is 18.8. The monoisotopic (exact) mass is 536 g/mol. The fourth-order valence-electron chi connectivity index (χ4n) is 5.51. The molecule has 1 heterocycles. The molecular weight excluding hydrogens is 505 g/mol. The molecule has 1 aliphatic heterocycles. The molecule has 0 bridgehead atoms. The van der Waals surface area contributed by atoms with Gasteiger partial charge in [-0.1, -0.05) is 54.6 Å². The maximum Gasteiger partial charge on any atom is 0.390 e. The quantitative estimate of drug-likeness (QED) is 0.366. The first-order valence-electron chi connectivity index (χ1n) is 13.2. The first kappa shape index (κ1) is 26.9. The lowest BCUT2D eigenvalue weighted by Gasteiger charge is -2.32. The molecule has 1 aliphatic carbocycles. The number of fused-ring (bicyclic) bond motifs is 1. The Labute approximate surface area is 226 Å². The molecule has 3 aromatic carbocycles. The lowest BCUT2D eigenvalue weighted by Crippen LogP contribution is -2.35. The van der Waals surface area contributed by atoms with Gasteiger partial charge in [0.2, 0.25) is 5.91 Å². The first-order chi connectivity index (χ1) is 18.7. The summed E-state index contributed by atoms with van der Waals surface area (Å²) in [6.45, 7) is 1.12. The van der Waals surface area contributed by atoms with Crippen molar-refractivity contribution < 1.29 is 27.5 Å². The van der Waals surface area contributed by atoms with Gasteiger partial charge in [0.1, 0.15) is 0 Å². The van der Waals surface area contributed by atoms with E-state index in [2.05, 4.69) is 5.32 Å². The van der Waals surface area contributed by atoms with Gasteiger partial charge in [0.15, 0.2) is 0 Å². The number of rotatable bonds is 8. The second kappa shape index (κ2) is 11.2. The fourth-order valence-corrected chi connectivity index (χ4v) is 5.51. The minimum Gasteiger partial charge on any atom is -0.465 e. The van der Waals surface area contributed by atoms with Gasteiger partial charge in [0.25, 0.3) is 0 Å². The Morgan fingerprint density at radius 2 is 1.82 bits per heavy atom. The van der Waals surface area contributed by atoms with Crippen LogP contribution in [0.4, 0.5) is 13.2 Å².